The van der Waals surface area contributed by atoms with Crippen LogP contribution in [0.25, 0.3) is 11.1 Å². The Morgan fingerprint density at radius 1 is 1.04 bits per heavy atom. The lowest BCUT2D eigenvalue weighted by Crippen LogP contribution is -2.49. The molecular formula is C32H38N8O4S. The summed E-state index contributed by atoms with van der Waals surface area (Å²) in [6, 6.07) is 14.3. The Balaban J connectivity index is 1.06. The van der Waals surface area contributed by atoms with E-state index in [9.17, 15) is 10.1 Å². The molecule has 0 spiro atoms. The van der Waals surface area contributed by atoms with Gasteiger partial charge in [-0.1, -0.05) is 17.8 Å². The fraction of sp³-hybridized carbons (Fsp3) is 0.438. The number of thioether (sulfide) groups is 1. The van der Waals surface area contributed by atoms with Crippen LogP contribution in [-0.4, -0.2) is 103 Å². The molecule has 2 N–H and O–H groups in total. The van der Waals surface area contributed by atoms with Gasteiger partial charge in [0.2, 0.25) is 5.95 Å². The third kappa shape index (κ3) is 7.53. The zero-order valence-electron chi connectivity index (χ0n) is 25.4. The van der Waals surface area contributed by atoms with Gasteiger partial charge in [-0.05, 0) is 42.7 Å². The number of nitrogens with zero attached hydrogens (tertiary/aromatic N) is 6. The number of nitrogens with one attached hydrogen (secondary N) is 2. The van der Waals surface area contributed by atoms with E-state index in [4.69, 9.17) is 14.2 Å². The minimum absolute atomic E-state index is 0.0639. The van der Waals surface area contributed by atoms with Gasteiger partial charge in [-0.25, -0.2) is 14.8 Å². The molecule has 6 rings (SSSR count). The van der Waals surface area contributed by atoms with Crippen molar-refractivity contribution >= 4 is 35.1 Å². The number of hydrogen-bond donors (Lipinski definition) is 2. The van der Waals surface area contributed by atoms with Gasteiger partial charge in [-0.2, -0.15) is 5.26 Å². The highest BCUT2D eigenvalue weighted by atomic mass is 32.2. The van der Waals surface area contributed by atoms with Gasteiger partial charge in [0.1, 0.15) is 23.5 Å². The second-order valence-corrected chi connectivity index (χ2v) is 12.0. The maximum atomic E-state index is 11.7. The lowest BCUT2D eigenvalue weighted by atomic mass is 10.0. The Morgan fingerprint density at radius 2 is 1.84 bits per heavy atom. The van der Waals surface area contributed by atoms with E-state index in [0.29, 0.717) is 48.2 Å². The Labute approximate surface area is 267 Å². The molecule has 3 aromatic rings. The third-order valence-corrected chi connectivity index (χ3v) is 9.18. The molecule has 3 fully saturated rings. The predicted molar refractivity (Wildman–Crippen MR) is 174 cm³/mol. The molecule has 0 radical (unpaired) electrons. The van der Waals surface area contributed by atoms with Gasteiger partial charge in [0.25, 0.3) is 0 Å². The molecule has 3 aliphatic heterocycles. The highest BCUT2D eigenvalue weighted by molar-refractivity contribution is 7.99. The summed E-state index contributed by atoms with van der Waals surface area (Å²) in [5.74, 6) is 2.49. The minimum atomic E-state index is -0.0639. The van der Waals surface area contributed by atoms with Crippen LogP contribution < -0.4 is 25.0 Å². The van der Waals surface area contributed by atoms with Crippen molar-refractivity contribution in [2.24, 2.45) is 0 Å². The number of carbonyl (C=O) groups excluding carboxylic acids is 1. The maximum Gasteiger partial charge on any atom is 0.318 e. The number of nitriles is 1. The monoisotopic (exact) mass is 630 g/mol. The smallest absolute Gasteiger partial charge is 0.318 e. The van der Waals surface area contributed by atoms with Gasteiger partial charge in [-0.3, -0.25) is 4.90 Å². The number of benzene rings is 2. The van der Waals surface area contributed by atoms with Crippen LogP contribution in [0.2, 0.25) is 0 Å². The summed E-state index contributed by atoms with van der Waals surface area (Å²) >= 11 is 1.47. The number of methoxy groups -OCH3 is 1. The minimum Gasteiger partial charge on any atom is -0.494 e. The first-order valence-electron chi connectivity index (χ1n) is 15.2. The topological polar surface area (TPSA) is 128 Å². The van der Waals surface area contributed by atoms with E-state index < -0.39 is 0 Å². The number of urea groups is 1. The molecule has 0 unspecified atom stereocenters. The second-order valence-electron chi connectivity index (χ2n) is 11.1. The molecule has 0 aliphatic carbocycles. The molecule has 1 aromatic heterocycles. The van der Waals surface area contributed by atoms with Gasteiger partial charge < -0.3 is 34.6 Å². The second kappa shape index (κ2) is 14.7. The highest BCUT2D eigenvalue weighted by Gasteiger charge is 2.26. The zero-order valence-corrected chi connectivity index (χ0v) is 26.2. The summed E-state index contributed by atoms with van der Waals surface area (Å²) in [4.78, 5) is 27.5. The fourth-order valence-corrected chi connectivity index (χ4v) is 6.63. The summed E-state index contributed by atoms with van der Waals surface area (Å²) < 4.78 is 17.2. The molecule has 3 saturated heterocycles. The van der Waals surface area contributed by atoms with Crippen LogP contribution in [-0.2, 0) is 4.74 Å². The number of piperidine rings is 1. The predicted octanol–water partition coefficient (Wildman–Crippen LogP) is 4.12. The molecule has 45 heavy (non-hydrogen) atoms. The van der Waals surface area contributed by atoms with Gasteiger partial charge in [0, 0.05) is 75.0 Å². The highest BCUT2D eigenvalue weighted by Crippen LogP contribution is 2.34. The molecule has 0 atom stereocenters. The average molecular weight is 631 g/mol. The van der Waals surface area contributed by atoms with Crippen LogP contribution in [0.5, 0.6) is 11.5 Å². The lowest BCUT2D eigenvalue weighted by molar-refractivity contribution is 0.0115. The number of carbonyl (C=O) groups is 1. The zero-order chi connectivity index (χ0) is 31.0. The Bertz CT molecular complexity index is 1500. The van der Waals surface area contributed by atoms with Crippen LogP contribution in [0.4, 0.5) is 22.1 Å². The van der Waals surface area contributed by atoms with Crippen LogP contribution in [0.3, 0.4) is 0 Å². The number of morpholine rings is 1. The summed E-state index contributed by atoms with van der Waals surface area (Å²) in [5.41, 5.74) is 4.00. The quantitative estimate of drug-likeness (QED) is 0.235. The summed E-state index contributed by atoms with van der Waals surface area (Å²) in [6.45, 7) is 7.12. The molecular weight excluding hydrogens is 592 g/mol. The van der Waals surface area contributed by atoms with Gasteiger partial charge in [-0.15, -0.1) is 0 Å². The molecule has 0 saturated carbocycles. The molecule has 4 heterocycles. The number of amides is 2. The SMILES string of the molecule is COc1cc(N2CCC(N3CCOCC3)CC2)ccc1Nc1ncc(-c2ccc(C#N)c(OCSCN3CCNC3=O)c2)cn1. The molecule has 0 bridgehead atoms. The molecule has 3 aliphatic rings. The van der Waals surface area contributed by atoms with Crippen molar-refractivity contribution < 1.29 is 19.0 Å². The maximum absolute atomic E-state index is 11.7. The third-order valence-electron chi connectivity index (χ3n) is 8.40. The van der Waals surface area contributed by atoms with Crippen molar-refractivity contribution in [3.05, 3.63) is 54.4 Å². The lowest BCUT2D eigenvalue weighted by Gasteiger charge is -2.40. The van der Waals surface area contributed by atoms with E-state index in [1.54, 1.807) is 30.5 Å². The molecule has 12 nitrogen and oxygen atoms in total. The number of anilines is 3. The van der Waals surface area contributed by atoms with Crippen molar-refractivity contribution in [3.8, 4) is 28.7 Å². The molecule has 13 heteroatoms. The van der Waals surface area contributed by atoms with E-state index in [-0.39, 0.29) is 6.03 Å². The van der Waals surface area contributed by atoms with Gasteiger partial charge >= 0.3 is 6.03 Å². The Hall–Kier alpha value is -4.25. The number of aromatic nitrogens is 2. The van der Waals surface area contributed by atoms with Crippen LogP contribution in [0.15, 0.2) is 48.8 Å². The first kappa shape index (κ1) is 30.8. The molecule has 2 aromatic carbocycles. The largest absolute Gasteiger partial charge is 0.494 e. The molecule has 236 valence electrons. The number of rotatable bonds is 11. The first-order valence-corrected chi connectivity index (χ1v) is 16.4. The Kier molecular flexibility index (Phi) is 10.0. The van der Waals surface area contributed by atoms with E-state index in [0.717, 1.165) is 80.5 Å². The van der Waals surface area contributed by atoms with Gasteiger partial charge in [0.15, 0.2) is 0 Å². The summed E-state index contributed by atoms with van der Waals surface area (Å²) in [7, 11) is 1.67. The van der Waals surface area contributed by atoms with Crippen molar-refractivity contribution in [2.45, 2.75) is 18.9 Å². The van der Waals surface area contributed by atoms with Crippen LogP contribution in [0.1, 0.15) is 18.4 Å². The fourth-order valence-electron chi connectivity index (χ4n) is 5.87. The van der Waals surface area contributed by atoms with Crippen LogP contribution in [0, 0.1) is 11.3 Å². The molecule has 2 amide bonds. The van der Waals surface area contributed by atoms with Crippen molar-refractivity contribution in [3.63, 3.8) is 0 Å². The van der Waals surface area contributed by atoms with Gasteiger partial charge in [0.05, 0.1) is 37.5 Å². The van der Waals surface area contributed by atoms with Crippen molar-refractivity contribution in [1.82, 2.24) is 25.1 Å². The summed E-state index contributed by atoms with van der Waals surface area (Å²) in [6.07, 6.45) is 5.77. The van der Waals surface area contributed by atoms with Crippen LogP contribution >= 0.6 is 11.8 Å². The van der Waals surface area contributed by atoms with E-state index >= 15 is 0 Å². The van der Waals surface area contributed by atoms with E-state index in [1.807, 2.05) is 18.2 Å². The van der Waals surface area contributed by atoms with E-state index in [1.165, 1.54) is 11.8 Å². The first-order chi connectivity index (χ1) is 22.1. The number of hydrogen-bond acceptors (Lipinski definition) is 11. The average Bonchev–Trinajstić information content (AvgIpc) is 3.51. The summed E-state index contributed by atoms with van der Waals surface area (Å²) in [5, 5.41) is 15.6. The number of ether oxygens (including phenoxy) is 3. The Morgan fingerprint density at radius 3 is 2.56 bits per heavy atom. The van der Waals surface area contributed by atoms with Crippen molar-refractivity contribution in [1.29, 1.82) is 5.26 Å². The normalized spacial score (nSPS) is 17.6. The standard InChI is InChI=1S/C32H38N8O4S/c1-42-30-17-27(38-9-6-26(7-10-38)39-12-14-43-15-13-39)4-5-28(30)37-31-35-19-25(20-36-31)23-2-3-24(18-33)29(16-23)44-22-45-21-40-11-8-34-32(40)41/h2-5,16-17,19-20,26H,6-15,21-22H2,1H3,(H,34,41)(H,35,36,37). The van der Waals surface area contributed by atoms with E-state index in [2.05, 4.69) is 48.6 Å². The van der Waals surface area contributed by atoms with Crippen molar-refractivity contribution in [2.75, 3.05) is 81.6 Å².